The van der Waals surface area contributed by atoms with Gasteiger partial charge in [-0.15, -0.1) is 10.2 Å². The number of hydrogen-bond acceptors (Lipinski definition) is 6. The van der Waals surface area contributed by atoms with Gasteiger partial charge in [-0.05, 0) is 18.2 Å². The number of nitrogens with one attached hydrogen (secondary N) is 1. The van der Waals surface area contributed by atoms with Gasteiger partial charge in [0, 0.05) is 24.9 Å². The van der Waals surface area contributed by atoms with Crippen molar-refractivity contribution in [2.75, 3.05) is 20.0 Å². The molecule has 0 saturated heterocycles. The number of carbonyl (C=O) groups is 1. The Labute approximate surface area is 168 Å². The standard InChI is InChI=1S/C20H22N4O3S/c1-26-13-18-22-23-20(24(18)16-9-4-3-5-10-16)28-14-19(25)21-12-15-8-6-7-11-17(15)27-2/h3-11H,12-14H2,1-2H3,(H,21,25). The van der Waals surface area contributed by atoms with Gasteiger partial charge in [-0.25, -0.2) is 0 Å². The second-order valence-corrected chi connectivity index (χ2v) is 6.82. The van der Waals surface area contributed by atoms with Crippen LogP contribution in [0.15, 0.2) is 59.8 Å². The van der Waals surface area contributed by atoms with Gasteiger partial charge in [-0.2, -0.15) is 0 Å². The average Bonchev–Trinajstić information content (AvgIpc) is 3.14. The lowest BCUT2D eigenvalue weighted by atomic mass is 10.2. The maximum atomic E-state index is 12.3. The molecule has 146 valence electrons. The summed E-state index contributed by atoms with van der Waals surface area (Å²) < 4.78 is 12.4. The van der Waals surface area contributed by atoms with Gasteiger partial charge in [0.15, 0.2) is 11.0 Å². The fourth-order valence-corrected chi connectivity index (χ4v) is 3.48. The number of methoxy groups -OCH3 is 2. The maximum Gasteiger partial charge on any atom is 0.230 e. The van der Waals surface area contributed by atoms with Crippen LogP contribution in [0, 0.1) is 0 Å². The molecule has 2 aromatic carbocycles. The topological polar surface area (TPSA) is 78.3 Å². The monoisotopic (exact) mass is 398 g/mol. The van der Waals surface area contributed by atoms with E-state index < -0.39 is 0 Å². The van der Waals surface area contributed by atoms with Gasteiger partial charge in [0.25, 0.3) is 0 Å². The summed E-state index contributed by atoms with van der Waals surface area (Å²) in [5.74, 6) is 1.58. The third-order valence-electron chi connectivity index (χ3n) is 3.99. The van der Waals surface area contributed by atoms with Crippen molar-refractivity contribution < 1.29 is 14.3 Å². The highest BCUT2D eigenvalue weighted by molar-refractivity contribution is 7.99. The minimum absolute atomic E-state index is 0.0909. The third-order valence-corrected chi connectivity index (χ3v) is 4.92. The quantitative estimate of drug-likeness (QED) is 0.559. The van der Waals surface area contributed by atoms with E-state index in [2.05, 4.69) is 15.5 Å². The molecule has 1 aromatic heterocycles. The number of ether oxygens (including phenoxy) is 2. The Morgan fingerprint density at radius 3 is 2.57 bits per heavy atom. The Morgan fingerprint density at radius 1 is 1.07 bits per heavy atom. The lowest BCUT2D eigenvalue weighted by molar-refractivity contribution is -0.118. The Morgan fingerprint density at radius 2 is 1.82 bits per heavy atom. The van der Waals surface area contributed by atoms with Crippen LogP contribution in [0.25, 0.3) is 5.69 Å². The van der Waals surface area contributed by atoms with E-state index in [4.69, 9.17) is 9.47 Å². The third kappa shape index (κ3) is 4.90. The van der Waals surface area contributed by atoms with Crippen LogP contribution in [0.4, 0.5) is 0 Å². The first kappa shape index (κ1) is 19.9. The molecule has 0 unspecified atom stereocenters. The number of carbonyl (C=O) groups excluding carboxylic acids is 1. The van der Waals surface area contributed by atoms with Crippen molar-refractivity contribution in [2.24, 2.45) is 0 Å². The van der Waals surface area contributed by atoms with Crippen LogP contribution in [-0.4, -0.2) is 40.6 Å². The first-order valence-electron chi connectivity index (χ1n) is 8.73. The van der Waals surface area contributed by atoms with E-state index in [9.17, 15) is 4.79 Å². The maximum absolute atomic E-state index is 12.3. The summed E-state index contributed by atoms with van der Waals surface area (Å²) in [4.78, 5) is 12.3. The minimum Gasteiger partial charge on any atom is -0.496 e. The molecule has 7 nitrogen and oxygen atoms in total. The number of thioether (sulfide) groups is 1. The van der Waals surface area contributed by atoms with Crippen molar-refractivity contribution >= 4 is 17.7 Å². The molecule has 0 aliphatic heterocycles. The van der Waals surface area contributed by atoms with Gasteiger partial charge in [0.2, 0.25) is 5.91 Å². The molecule has 0 radical (unpaired) electrons. The second kappa shape index (κ2) is 9.91. The summed E-state index contributed by atoms with van der Waals surface area (Å²) in [5.41, 5.74) is 1.86. The van der Waals surface area contributed by atoms with E-state index in [1.807, 2.05) is 59.2 Å². The van der Waals surface area contributed by atoms with Crippen LogP contribution < -0.4 is 10.1 Å². The highest BCUT2D eigenvalue weighted by atomic mass is 32.2. The minimum atomic E-state index is -0.0909. The fraction of sp³-hybridized carbons (Fsp3) is 0.250. The van der Waals surface area contributed by atoms with Crippen molar-refractivity contribution in [2.45, 2.75) is 18.3 Å². The molecular formula is C20H22N4O3S. The summed E-state index contributed by atoms with van der Waals surface area (Å²) in [5, 5.41) is 12.0. The van der Waals surface area contributed by atoms with Crippen LogP contribution in [0.5, 0.6) is 5.75 Å². The normalized spacial score (nSPS) is 10.6. The molecule has 0 bridgehead atoms. The van der Waals surface area contributed by atoms with Crippen molar-refractivity contribution in [3.8, 4) is 11.4 Å². The molecule has 1 amide bonds. The van der Waals surface area contributed by atoms with Gasteiger partial charge in [0.1, 0.15) is 12.4 Å². The summed E-state index contributed by atoms with van der Waals surface area (Å²) in [7, 11) is 3.23. The highest BCUT2D eigenvalue weighted by Gasteiger charge is 2.15. The summed E-state index contributed by atoms with van der Waals surface area (Å²) in [6, 6.07) is 17.4. The second-order valence-electron chi connectivity index (χ2n) is 5.88. The van der Waals surface area contributed by atoms with Crippen LogP contribution in [0.1, 0.15) is 11.4 Å². The molecule has 0 saturated carbocycles. The van der Waals surface area contributed by atoms with Gasteiger partial charge < -0.3 is 14.8 Å². The number of rotatable bonds is 9. The van der Waals surface area contributed by atoms with Gasteiger partial charge in [-0.1, -0.05) is 48.2 Å². The fourth-order valence-electron chi connectivity index (χ4n) is 2.68. The molecule has 0 spiro atoms. The molecule has 1 N–H and O–H groups in total. The number of amides is 1. The lowest BCUT2D eigenvalue weighted by Gasteiger charge is -2.11. The molecule has 28 heavy (non-hydrogen) atoms. The number of nitrogens with zero attached hydrogens (tertiary/aromatic N) is 3. The van der Waals surface area contributed by atoms with E-state index >= 15 is 0 Å². The number of para-hydroxylation sites is 2. The summed E-state index contributed by atoms with van der Waals surface area (Å²) in [6.45, 7) is 0.742. The molecular weight excluding hydrogens is 376 g/mol. The zero-order valence-corrected chi connectivity index (χ0v) is 16.6. The van der Waals surface area contributed by atoms with E-state index in [1.54, 1.807) is 14.2 Å². The lowest BCUT2D eigenvalue weighted by Crippen LogP contribution is -2.25. The van der Waals surface area contributed by atoms with Crippen molar-refractivity contribution in [1.82, 2.24) is 20.1 Å². The smallest absolute Gasteiger partial charge is 0.230 e. The number of hydrogen-bond donors (Lipinski definition) is 1. The first-order chi connectivity index (χ1) is 13.7. The van der Waals surface area contributed by atoms with Crippen LogP contribution in [0.3, 0.4) is 0 Å². The van der Waals surface area contributed by atoms with Crippen molar-refractivity contribution in [3.63, 3.8) is 0 Å². The molecule has 0 atom stereocenters. The van der Waals surface area contributed by atoms with Gasteiger partial charge >= 0.3 is 0 Å². The largest absolute Gasteiger partial charge is 0.496 e. The molecule has 0 fully saturated rings. The molecule has 1 heterocycles. The Kier molecular flexibility index (Phi) is 7.05. The van der Waals surface area contributed by atoms with E-state index in [0.29, 0.717) is 24.1 Å². The molecule has 3 aromatic rings. The zero-order valence-electron chi connectivity index (χ0n) is 15.8. The Bertz CT molecular complexity index is 915. The van der Waals surface area contributed by atoms with Crippen LogP contribution >= 0.6 is 11.8 Å². The van der Waals surface area contributed by atoms with Crippen molar-refractivity contribution in [1.29, 1.82) is 0 Å². The van der Waals surface area contributed by atoms with E-state index in [0.717, 1.165) is 17.0 Å². The highest BCUT2D eigenvalue weighted by Crippen LogP contribution is 2.22. The van der Waals surface area contributed by atoms with Crippen LogP contribution in [0.2, 0.25) is 0 Å². The molecule has 0 aliphatic carbocycles. The molecule has 3 rings (SSSR count). The van der Waals surface area contributed by atoms with Gasteiger partial charge in [-0.3, -0.25) is 9.36 Å². The summed E-state index contributed by atoms with van der Waals surface area (Å²) >= 11 is 1.33. The van der Waals surface area contributed by atoms with E-state index in [1.165, 1.54) is 11.8 Å². The SMILES string of the molecule is COCc1nnc(SCC(=O)NCc2ccccc2OC)n1-c1ccccc1. The van der Waals surface area contributed by atoms with Crippen molar-refractivity contribution in [3.05, 3.63) is 66.0 Å². The first-order valence-corrected chi connectivity index (χ1v) is 9.71. The average molecular weight is 398 g/mol. The number of benzene rings is 2. The predicted molar refractivity (Wildman–Crippen MR) is 108 cm³/mol. The van der Waals surface area contributed by atoms with Gasteiger partial charge in [0.05, 0.1) is 12.9 Å². The Balaban J connectivity index is 1.65. The summed E-state index contributed by atoms with van der Waals surface area (Å²) in [6.07, 6.45) is 0. The zero-order chi connectivity index (χ0) is 19.8. The molecule has 8 heteroatoms. The number of aromatic nitrogens is 3. The van der Waals surface area contributed by atoms with E-state index in [-0.39, 0.29) is 11.7 Å². The van der Waals surface area contributed by atoms with Crippen LogP contribution in [-0.2, 0) is 22.7 Å². The Hall–Kier alpha value is -2.84. The predicted octanol–water partition coefficient (Wildman–Crippen LogP) is 2.83. The molecule has 0 aliphatic rings.